The van der Waals surface area contributed by atoms with Gasteiger partial charge < -0.3 is 0 Å². The third-order valence-corrected chi connectivity index (χ3v) is 3.80. The van der Waals surface area contributed by atoms with Crippen LogP contribution >= 0.6 is 0 Å². The van der Waals surface area contributed by atoms with E-state index in [0.29, 0.717) is 19.3 Å². The number of nitrogens with two attached hydrogens (primary N) is 1. The third-order valence-electron chi connectivity index (χ3n) is 2.46. The Morgan fingerprint density at radius 3 is 2.44 bits per heavy atom. The number of rotatable bonds is 6. The normalized spacial score (nSPS) is 13.3. The molecule has 88 valence electrons. The fraction of sp³-hybridized carbons (Fsp3) is 0.333. The van der Waals surface area contributed by atoms with Gasteiger partial charge in [-0.3, -0.25) is 0 Å². The van der Waals surface area contributed by atoms with Gasteiger partial charge in [0.25, 0.3) is 0 Å². The zero-order chi connectivity index (χ0) is 12.0. The summed E-state index contributed by atoms with van der Waals surface area (Å²) in [5.41, 5.74) is 0.991. The van der Waals surface area contributed by atoms with Crippen LogP contribution in [0.4, 0.5) is 0 Å². The SMILES string of the molecule is C=CCCC(Cc1ccccc1)S(N)(=O)=O. The van der Waals surface area contributed by atoms with Crippen molar-refractivity contribution in [2.24, 2.45) is 5.14 Å². The van der Waals surface area contributed by atoms with Crippen LogP contribution in [0.3, 0.4) is 0 Å². The van der Waals surface area contributed by atoms with Crippen molar-refractivity contribution in [3.63, 3.8) is 0 Å². The molecular formula is C12H17NO2S. The van der Waals surface area contributed by atoms with Crippen LogP contribution in [0.15, 0.2) is 43.0 Å². The van der Waals surface area contributed by atoms with Gasteiger partial charge in [0.05, 0.1) is 5.25 Å². The Labute approximate surface area is 97.0 Å². The first-order valence-electron chi connectivity index (χ1n) is 5.20. The fourth-order valence-corrected chi connectivity index (χ4v) is 2.45. The summed E-state index contributed by atoms with van der Waals surface area (Å²) in [5, 5.41) is 4.69. The first-order valence-corrected chi connectivity index (χ1v) is 6.81. The van der Waals surface area contributed by atoms with Crippen LogP contribution in [-0.4, -0.2) is 13.7 Å². The van der Waals surface area contributed by atoms with Gasteiger partial charge in [0.15, 0.2) is 0 Å². The van der Waals surface area contributed by atoms with E-state index in [9.17, 15) is 8.42 Å². The quantitative estimate of drug-likeness (QED) is 0.770. The smallest absolute Gasteiger partial charge is 0.212 e. The van der Waals surface area contributed by atoms with Gasteiger partial charge in [-0.15, -0.1) is 6.58 Å². The number of sulfonamides is 1. The average Bonchev–Trinajstić information content (AvgIpc) is 2.24. The molecule has 0 aliphatic heterocycles. The van der Waals surface area contributed by atoms with Crippen molar-refractivity contribution in [2.75, 3.05) is 0 Å². The minimum absolute atomic E-state index is 0.466. The second-order valence-electron chi connectivity index (χ2n) is 3.77. The molecule has 0 saturated heterocycles. The number of hydrogen-bond donors (Lipinski definition) is 1. The molecule has 16 heavy (non-hydrogen) atoms. The van der Waals surface area contributed by atoms with E-state index in [4.69, 9.17) is 5.14 Å². The summed E-state index contributed by atoms with van der Waals surface area (Å²) >= 11 is 0. The van der Waals surface area contributed by atoms with E-state index >= 15 is 0 Å². The first-order chi connectivity index (χ1) is 7.54. The molecule has 1 unspecified atom stereocenters. The summed E-state index contributed by atoms with van der Waals surface area (Å²) in [6.07, 6.45) is 3.36. The van der Waals surface area contributed by atoms with Crippen LogP contribution in [0.5, 0.6) is 0 Å². The Bertz CT molecular complexity index is 426. The maximum atomic E-state index is 11.4. The molecular weight excluding hydrogens is 222 g/mol. The average molecular weight is 239 g/mol. The molecule has 1 aromatic carbocycles. The van der Waals surface area contributed by atoms with Crippen LogP contribution in [0.2, 0.25) is 0 Å². The molecule has 0 aliphatic carbocycles. The van der Waals surface area contributed by atoms with Crippen LogP contribution in [0.1, 0.15) is 18.4 Å². The highest BCUT2D eigenvalue weighted by molar-refractivity contribution is 7.89. The molecule has 0 bridgehead atoms. The highest BCUT2D eigenvalue weighted by atomic mass is 32.2. The molecule has 0 spiro atoms. The molecule has 4 heteroatoms. The molecule has 2 N–H and O–H groups in total. The van der Waals surface area contributed by atoms with Gasteiger partial charge in [0.2, 0.25) is 10.0 Å². The molecule has 0 saturated carbocycles. The van der Waals surface area contributed by atoms with Crippen LogP contribution < -0.4 is 5.14 Å². The summed E-state index contributed by atoms with van der Waals surface area (Å²) in [6, 6.07) is 9.50. The molecule has 1 atom stereocenters. The Morgan fingerprint density at radius 2 is 1.94 bits per heavy atom. The summed E-state index contributed by atoms with van der Waals surface area (Å²) in [4.78, 5) is 0. The lowest BCUT2D eigenvalue weighted by Gasteiger charge is -2.13. The summed E-state index contributed by atoms with van der Waals surface area (Å²) < 4.78 is 22.8. The maximum absolute atomic E-state index is 11.4. The Morgan fingerprint density at radius 1 is 1.31 bits per heavy atom. The number of primary sulfonamides is 1. The largest absolute Gasteiger partial charge is 0.228 e. The molecule has 0 fully saturated rings. The van der Waals surface area contributed by atoms with Gasteiger partial charge in [-0.25, -0.2) is 13.6 Å². The lowest BCUT2D eigenvalue weighted by Crippen LogP contribution is -2.30. The summed E-state index contributed by atoms with van der Waals surface area (Å²) in [5.74, 6) is 0. The van der Waals surface area contributed by atoms with Gasteiger partial charge in [0, 0.05) is 0 Å². The van der Waals surface area contributed by atoms with Crippen molar-refractivity contribution in [1.29, 1.82) is 0 Å². The van der Waals surface area contributed by atoms with Gasteiger partial charge in [0.1, 0.15) is 0 Å². The number of hydrogen-bond acceptors (Lipinski definition) is 2. The van der Waals surface area contributed by atoms with Crippen LogP contribution in [0.25, 0.3) is 0 Å². The first kappa shape index (κ1) is 12.9. The minimum Gasteiger partial charge on any atom is -0.228 e. The van der Waals surface area contributed by atoms with Crippen LogP contribution in [0, 0.1) is 0 Å². The van der Waals surface area contributed by atoms with Gasteiger partial charge in [-0.05, 0) is 24.8 Å². The van der Waals surface area contributed by atoms with Crippen molar-refractivity contribution >= 4 is 10.0 Å². The standard InChI is InChI=1S/C12H17NO2S/c1-2-3-9-12(16(13,14)15)10-11-7-5-4-6-8-11/h2,4-8,12H,1,3,9-10H2,(H2,13,14,15). The zero-order valence-corrected chi connectivity index (χ0v) is 9.99. The Hall–Kier alpha value is -1.13. The highest BCUT2D eigenvalue weighted by Crippen LogP contribution is 2.13. The van der Waals surface area contributed by atoms with Crippen molar-refractivity contribution in [1.82, 2.24) is 0 Å². The molecule has 1 aromatic rings. The van der Waals surface area contributed by atoms with E-state index in [1.165, 1.54) is 0 Å². The van der Waals surface area contributed by atoms with Crippen molar-refractivity contribution < 1.29 is 8.42 Å². The predicted octanol–water partition coefficient (Wildman–Crippen LogP) is 1.85. The van der Waals surface area contributed by atoms with Gasteiger partial charge in [-0.2, -0.15) is 0 Å². The van der Waals surface area contributed by atoms with E-state index in [1.54, 1.807) is 6.08 Å². The molecule has 3 nitrogen and oxygen atoms in total. The lowest BCUT2D eigenvalue weighted by molar-refractivity contribution is 0.571. The topological polar surface area (TPSA) is 60.2 Å². The van der Waals surface area contributed by atoms with E-state index in [0.717, 1.165) is 5.56 Å². The zero-order valence-electron chi connectivity index (χ0n) is 9.17. The minimum atomic E-state index is -3.48. The third kappa shape index (κ3) is 4.16. The second-order valence-corrected chi connectivity index (χ2v) is 5.61. The Kier molecular flexibility index (Phi) is 4.71. The van der Waals surface area contributed by atoms with Gasteiger partial charge in [-0.1, -0.05) is 36.4 Å². The summed E-state index contributed by atoms with van der Waals surface area (Å²) in [6.45, 7) is 3.59. The molecule has 0 aromatic heterocycles. The maximum Gasteiger partial charge on any atom is 0.212 e. The van der Waals surface area contributed by atoms with E-state index in [2.05, 4.69) is 6.58 Å². The fourth-order valence-electron chi connectivity index (χ4n) is 1.56. The lowest BCUT2D eigenvalue weighted by atomic mass is 10.1. The Balaban J connectivity index is 2.75. The van der Waals surface area contributed by atoms with Crippen molar-refractivity contribution in [3.8, 4) is 0 Å². The van der Waals surface area contributed by atoms with E-state index < -0.39 is 15.3 Å². The molecule has 1 rings (SSSR count). The summed E-state index contributed by atoms with van der Waals surface area (Å²) in [7, 11) is -3.48. The molecule has 0 radical (unpaired) electrons. The second kappa shape index (κ2) is 5.82. The molecule has 0 aliphatic rings. The van der Waals surface area contributed by atoms with Gasteiger partial charge >= 0.3 is 0 Å². The number of allylic oxidation sites excluding steroid dienone is 1. The highest BCUT2D eigenvalue weighted by Gasteiger charge is 2.20. The monoisotopic (exact) mass is 239 g/mol. The van der Waals surface area contributed by atoms with Crippen LogP contribution in [-0.2, 0) is 16.4 Å². The predicted molar refractivity (Wildman–Crippen MR) is 66.5 cm³/mol. The van der Waals surface area contributed by atoms with E-state index in [-0.39, 0.29) is 0 Å². The van der Waals surface area contributed by atoms with E-state index in [1.807, 2.05) is 30.3 Å². The number of benzene rings is 1. The van der Waals surface area contributed by atoms with Crippen molar-refractivity contribution in [3.05, 3.63) is 48.6 Å². The molecule has 0 heterocycles. The molecule has 0 amide bonds. The van der Waals surface area contributed by atoms with Crippen molar-refractivity contribution in [2.45, 2.75) is 24.5 Å².